The van der Waals surface area contributed by atoms with Gasteiger partial charge in [0.2, 0.25) is 0 Å². The molecule has 106 valence electrons. The van der Waals surface area contributed by atoms with E-state index < -0.39 is 11.8 Å². The van der Waals surface area contributed by atoms with Gasteiger partial charge in [-0.25, -0.2) is 4.79 Å². The molecule has 0 unspecified atom stereocenters. The summed E-state index contributed by atoms with van der Waals surface area (Å²) in [6.07, 6.45) is 4.80. The third-order valence-corrected chi connectivity index (χ3v) is 2.65. The average Bonchev–Trinajstić information content (AvgIpc) is 2.52. The molecule has 0 fully saturated rings. The number of fused-ring (bicyclic) bond motifs is 1. The van der Waals surface area contributed by atoms with Crippen molar-refractivity contribution in [3.05, 3.63) is 65.0 Å². The standard InChI is InChI=1S/C16H12O5/c1-2-9-20-16(19)13(17)8-7-11-10-21-14-6-4-3-5-12(14)15(11)18/h2-8,10H,1,9H2. The maximum atomic E-state index is 12.1. The van der Waals surface area contributed by atoms with E-state index in [9.17, 15) is 14.4 Å². The van der Waals surface area contributed by atoms with E-state index in [1.807, 2.05) is 0 Å². The van der Waals surface area contributed by atoms with E-state index in [1.54, 1.807) is 24.3 Å². The highest BCUT2D eigenvalue weighted by Gasteiger charge is 2.11. The Hall–Kier alpha value is -2.95. The molecule has 0 aliphatic carbocycles. The summed E-state index contributed by atoms with van der Waals surface area (Å²) in [6, 6.07) is 6.76. The zero-order valence-corrected chi connectivity index (χ0v) is 11.1. The number of carbonyl (C=O) groups excluding carboxylic acids is 2. The summed E-state index contributed by atoms with van der Waals surface area (Å²) in [5.41, 5.74) is 0.357. The van der Waals surface area contributed by atoms with E-state index in [4.69, 9.17) is 4.42 Å². The summed E-state index contributed by atoms with van der Waals surface area (Å²) in [7, 11) is 0. The van der Waals surface area contributed by atoms with Gasteiger partial charge in [-0.15, -0.1) is 0 Å². The summed E-state index contributed by atoms with van der Waals surface area (Å²) in [4.78, 5) is 34.8. The van der Waals surface area contributed by atoms with Crippen molar-refractivity contribution in [1.82, 2.24) is 0 Å². The molecule has 0 N–H and O–H groups in total. The molecule has 21 heavy (non-hydrogen) atoms. The Bertz CT molecular complexity index is 783. The number of rotatable bonds is 5. The number of benzene rings is 1. The Labute approximate surface area is 120 Å². The zero-order valence-electron chi connectivity index (χ0n) is 11.1. The van der Waals surface area contributed by atoms with Gasteiger partial charge in [0.05, 0.1) is 10.9 Å². The van der Waals surface area contributed by atoms with Gasteiger partial charge in [-0.1, -0.05) is 24.8 Å². The summed E-state index contributed by atoms with van der Waals surface area (Å²) < 4.78 is 9.87. The normalized spacial score (nSPS) is 10.7. The van der Waals surface area contributed by atoms with Gasteiger partial charge >= 0.3 is 5.97 Å². The number of ether oxygens (including phenoxy) is 1. The summed E-state index contributed by atoms with van der Waals surface area (Å²) >= 11 is 0. The monoisotopic (exact) mass is 284 g/mol. The number of carbonyl (C=O) groups is 2. The highest BCUT2D eigenvalue weighted by molar-refractivity contribution is 6.39. The summed E-state index contributed by atoms with van der Waals surface area (Å²) in [5, 5.41) is 0.404. The van der Waals surface area contributed by atoms with Crippen LogP contribution in [0.25, 0.3) is 17.0 Å². The predicted octanol–water partition coefficient (Wildman–Crippen LogP) is 2.10. The van der Waals surface area contributed by atoms with Gasteiger partial charge in [0.15, 0.2) is 5.43 Å². The molecule has 0 bridgehead atoms. The van der Waals surface area contributed by atoms with Gasteiger partial charge in [-0.2, -0.15) is 0 Å². The first-order valence-corrected chi connectivity index (χ1v) is 6.14. The third kappa shape index (κ3) is 3.33. The Balaban J connectivity index is 2.24. The quantitative estimate of drug-likeness (QED) is 0.364. The Morgan fingerprint density at radius 2 is 2.05 bits per heavy atom. The van der Waals surface area contributed by atoms with Crippen LogP contribution in [0, 0.1) is 0 Å². The van der Waals surface area contributed by atoms with E-state index >= 15 is 0 Å². The van der Waals surface area contributed by atoms with Gasteiger partial charge in [-0.05, 0) is 24.3 Å². The molecule has 2 rings (SSSR count). The highest BCUT2D eigenvalue weighted by Crippen LogP contribution is 2.11. The lowest BCUT2D eigenvalue weighted by Crippen LogP contribution is -2.15. The molecule has 0 saturated heterocycles. The fraction of sp³-hybridized carbons (Fsp3) is 0.0625. The fourth-order valence-corrected chi connectivity index (χ4v) is 1.65. The number of esters is 1. The molecule has 0 spiro atoms. The maximum Gasteiger partial charge on any atom is 0.379 e. The molecule has 1 aromatic carbocycles. The first-order valence-electron chi connectivity index (χ1n) is 6.14. The molecule has 1 aromatic heterocycles. The predicted molar refractivity (Wildman–Crippen MR) is 77.7 cm³/mol. The number of para-hydroxylation sites is 1. The molecule has 5 heteroatoms. The molecule has 0 radical (unpaired) electrons. The SMILES string of the molecule is C=CCOC(=O)C(=O)C=Cc1coc2ccccc2c1=O. The lowest BCUT2D eigenvalue weighted by Gasteiger charge is -1.98. The van der Waals surface area contributed by atoms with E-state index in [-0.39, 0.29) is 17.6 Å². The Morgan fingerprint density at radius 3 is 2.81 bits per heavy atom. The van der Waals surface area contributed by atoms with Crippen LogP contribution >= 0.6 is 0 Å². The number of ketones is 1. The third-order valence-electron chi connectivity index (χ3n) is 2.65. The van der Waals surface area contributed by atoms with Gasteiger partial charge < -0.3 is 9.15 Å². The molecule has 0 aliphatic rings. The maximum absolute atomic E-state index is 12.1. The Morgan fingerprint density at radius 1 is 1.29 bits per heavy atom. The molecule has 0 saturated carbocycles. The smallest absolute Gasteiger partial charge is 0.379 e. The van der Waals surface area contributed by atoms with Crippen LogP contribution in [-0.4, -0.2) is 18.4 Å². The molecular formula is C16H12O5. The average molecular weight is 284 g/mol. The van der Waals surface area contributed by atoms with Gasteiger partial charge in [0, 0.05) is 0 Å². The van der Waals surface area contributed by atoms with Crippen molar-refractivity contribution in [3.63, 3.8) is 0 Å². The zero-order chi connectivity index (χ0) is 15.2. The first kappa shape index (κ1) is 14.5. The topological polar surface area (TPSA) is 73.6 Å². The minimum Gasteiger partial charge on any atom is -0.463 e. The molecule has 0 aliphatic heterocycles. The van der Waals surface area contributed by atoms with Crippen molar-refractivity contribution in [1.29, 1.82) is 0 Å². The molecule has 0 atom stereocenters. The van der Waals surface area contributed by atoms with Crippen molar-refractivity contribution >= 4 is 28.8 Å². The summed E-state index contributed by atoms with van der Waals surface area (Å²) in [5.74, 6) is -1.86. The van der Waals surface area contributed by atoms with Crippen LogP contribution in [-0.2, 0) is 14.3 Å². The number of hydrogen-bond acceptors (Lipinski definition) is 5. The van der Waals surface area contributed by atoms with Gasteiger partial charge in [-0.3, -0.25) is 9.59 Å². The molecule has 0 amide bonds. The van der Waals surface area contributed by atoms with Gasteiger partial charge in [0.25, 0.3) is 5.78 Å². The minimum atomic E-state index is -1.00. The van der Waals surface area contributed by atoms with Crippen LogP contribution < -0.4 is 5.43 Å². The molecular weight excluding hydrogens is 272 g/mol. The van der Waals surface area contributed by atoms with Crippen molar-refractivity contribution in [3.8, 4) is 0 Å². The van der Waals surface area contributed by atoms with Crippen molar-refractivity contribution < 1.29 is 18.7 Å². The highest BCUT2D eigenvalue weighted by atomic mass is 16.5. The fourth-order valence-electron chi connectivity index (χ4n) is 1.65. The van der Waals surface area contributed by atoms with Gasteiger partial charge in [0.1, 0.15) is 18.5 Å². The first-order chi connectivity index (χ1) is 10.1. The van der Waals surface area contributed by atoms with E-state index in [1.165, 1.54) is 18.4 Å². The second-order valence-electron chi connectivity index (χ2n) is 4.10. The van der Waals surface area contributed by atoms with E-state index in [2.05, 4.69) is 11.3 Å². The largest absolute Gasteiger partial charge is 0.463 e. The van der Waals surface area contributed by atoms with E-state index in [0.29, 0.717) is 11.0 Å². The number of hydrogen-bond donors (Lipinski definition) is 0. The second kappa shape index (κ2) is 6.47. The minimum absolute atomic E-state index is 0.0451. The van der Waals surface area contributed by atoms with Crippen LogP contribution in [0.4, 0.5) is 0 Å². The molecule has 5 nitrogen and oxygen atoms in total. The van der Waals surface area contributed by atoms with Crippen molar-refractivity contribution in [2.75, 3.05) is 6.61 Å². The van der Waals surface area contributed by atoms with Crippen LogP contribution in [0.15, 0.2) is 58.5 Å². The van der Waals surface area contributed by atoms with E-state index in [0.717, 1.165) is 6.08 Å². The summed E-state index contributed by atoms with van der Waals surface area (Å²) in [6.45, 7) is 3.32. The van der Waals surface area contributed by atoms with Crippen LogP contribution in [0.1, 0.15) is 5.56 Å². The lowest BCUT2D eigenvalue weighted by molar-refractivity contribution is -0.150. The lowest BCUT2D eigenvalue weighted by atomic mass is 10.1. The van der Waals surface area contributed by atoms with Crippen LogP contribution in [0.2, 0.25) is 0 Å². The molecule has 1 heterocycles. The molecule has 2 aromatic rings. The van der Waals surface area contributed by atoms with Crippen molar-refractivity contribution in [2.24, 2.45) is 0 Å². The van der Waals surface area contributed by atoms with Crippen LogP contribution in [0.5, 0.6) is 0 Å². The van der Waals surface area contributed by atoms with Crippen molar-refractivity contribution in [2.45, 2.75) is 0 Å². The van der Waals surface area contributed by atoms with Crippen LogP contribution in [0.3, 0.4) is 0 Å². The Kier molecular flexibility index (Phi) is 4.46. The second-order valence-corrected chi connectivity index (χ2v) is 4.10.